The Hall–Kier alpha value is -0.373. The van der Waals surface area contributed by atoms with Gasteiger partial charge in [0.15, 0.2) is 0 Å². The van der Waals surface area contributed by atoms with E-state index in [1.54, 1.807) is 0 Å². The molecule has 0 bridgehead atoms. The van der Waals surface area contributed by atoms with Crippen molar-refractivity contribution in [1.29, 1.82) is 0 Å². The zero-order valence-electron chi connectivity index (χ0n) is 6.89. The van der Waals surface area contributed by atoms with Crippen LogP contribution in [0.25, 0.3) is 0 Å². The van der Waals surface area contributed by atoms with Gasteiger partial charge < -0.3 is 4.79 Å². The van der Waals surface area contributed by atoms with Crippen molar-refractivity contribution in [3.8, 4) is 0 Å². The third kappa shape index (κ3) is 4.50. The third-order valence-electron chi connectivity index (χ3n) is 1.70. The van der Waals surface area contributed by atoms with Crippen LogP contribution in [0.2, 0.25) is 19.1 Å². The van der Waals surface area contributed by atoms with Crippen molar-refractivity contribution < 1.29 is 4.79 Å². The fourth-order valence-electron chi connectivity index (χ4n) is 0.743. The average Bonchev–Trinajstić information content (AvgIpc) is 1.89. The summed E-state index contributed by atoms with van der Waals surface area (Å²) in [5, 5.41) is 0. The summed E-state index contributed by atoms with van der Waals surface area (Å²) in [5.74, 6) is 0. The molecule has 0 aliphatic carbocycles. The molecular weight excluding hydrogens is 140 g/mol. The molecule has 58 valence electrons. The van der Waals surface area contributed by atoms with E-state index in [2.05, 4.69) is 25.4 Å². The first-order chi connectivity index (χ1) is 4.62. The Morgan fingerprint density at radius 1 is 1.50 bits per heavy atom. The number of rotatable bonds is 5. The van der Waals surface area contributed by atoms with Gasteiger partial charge in [-0.2, -0.15) is 0 Å². The van der Waals surface area contributed by atoms with Gasteiger partial charge in [0.1, 0.15) is 6.29 Å². The highest BCUT2D eigenvalue weighted by Gasteiger charge is 2.13. The molecule has 0 unspecified atom stereocenters. The summed E-state index contributed by atoms with van der Waals surface area (Å²) < 4.78 is 0. The Labute approximate surface area is 64.1 Å². The van der Waals surface area contributed by atoms with Gasteiger partial charge in [-0.25, -0.2) is 0 Å². The van der Waals surface area contributed by atoms with Crippen LogP contribution in [-0.2, 0) is 4.79 Å². The minimum Gasteiger partial charge on any atom is -0.303 e. The summed E-state index contributed by atoms with van der Waals surface area (Å²) >= 11 is 0. The molecule has 0 aliphatic rings. The van der Waals surface area contributed by atoms with Gasteiger partial charge >= 0.3 is 0 Å². The molecule has 0 fully saturated rings. The second-order valence-electron chi connectivity index (χ2n) is 3.25. The van der Waals surface area contributed by atoms with Crippen molar-refractivity contribution in [3.05, 3.63) is 12.3 Å². The molecule has 0 aromatic carbocycles. The van der Waals surface area contributed by atoms with Crippen LogP contribution in [-0.4, -0.2) is 14.4 Å². The highest BCUT2D eigenvalue weighted by atomic mass is 28.3. The zero-order valence-corrected chi connectivity index (χ0v) is 7.89. The monoisotopic (exact) mass is 156 g/mol. The molecule has 0 heterocycles. The largest absolute Gasteiger partial charge is 0.303 e. The minimum absolute atomic E-state index is 0.713. The predicted molar refractivity (Wildman–Crippen MR) is 47.8 cm³/mol. The number of carbonyl (C=O) groups excluding carboxylic acids is 1. The zero-order chi connectivity index (χ0) is 8.04. The lowest BCUT2D eigenvalue weighted by Crippen LogP contribution is -2.21. The molecule has 0 radical (unpaired) electrons. The molecular formula is C8H16OSi. The van der Waals surface area contributed by atoms with Crippen molar-refractivity contribution in [2.45, 2.75) is 32.0 Å². The standard InChI is InChI=1S/C8H16OSi/c1-4-10(2,3)8-6-5-7-9/h4,7H,1,5-6,8H2,2-3H3. The van der Waals surface area contributed by atoms with Crippen LogP contribution in [0.4, 0.5) is 0 Å². The fourth-order valence-corrected chi connectivity index (χ4v) is 2.06. The summed E-state index contributed by atoms with van der Waals surface area (Å²) in [6.45, 7) is 8.32. The smallest absolute Gasteiger partial charge is 0.119 e. The normalized spacial score (nSPS) is 11.0. The van der Waals surface area contributed by atoms with Crippen LogP contribution >= 0.6 is 0 Å². The van der Waals surface area contributed by atoms with Gasteiger partial charge in [-0.1, -0.05) is 19.1 Å². The lowest BCUT2D eigenvalue weighted by molar-refractivity contribution is -0.107. The lowest BCUT2D eigenvalue weighted by atomic mass is 10.4. The lowest BCUT2D eigenvalue weighted by Gasteiger charge is -2.15. The topological polar surface area (TPSA) is 17.1 Å². The van der Waals surface area contributed by atoms with Crippen LogP contribution < -0.4 is 0 Å². The maximum atomic E-state index is 9.97. The van der Waals surface area contributed by atoms with E-state index < -0.39 is 8.07 Å². The molecule has 0 aromatic rings. The summed E-state index contributed by atoms with van der Waals surface area (Å²) in [4.78, 5) is 9.97. The van der Waals surface area contributed by atoms with E-state index >= 15 is 0 Å². The summed E-state index contributed by atoms with van der Waals surface area (Å²) in [5.41, 5.74) is 2.08. The van der Waals surface area contributed by atoms with Crippen LogP contribution in [0.5, 0.6) is 0 Å². The quantitative estimate of drug-likeness (QED) is 0.339. The molecule has 0 aliphatic heterocycles. The fraction of sp³-hybridized carbons (Fsp3) is 0.625. The molecule has 0 saturated carbocycles. The highest BCUT2D eigenvalue weighted by Crippen LogP contribution is 2.13. The third-order valence-corrected chi connectivity index (χ3v) is 4.44. The number of hydrogen-bond donors (Lipinski definition) is 0. The highest BCUT2D eigenvalue weighted by molar-refractivity contribution is 6.82. The van der Waals surface area contributed by atoms with E-state index in [9.17, 15) is 4.79 Å². The van der Waals surface area contributed by atoms with Gasteiger partial charge in [0.25, 0.3) is 0 Å². The Kier molecular flexibility index (Phi) is 4.28. The van der Waals surface area contributed by atoms with Gasteiger partial charge in [-0.15, -0.1) is 12.3 Å². The SMILES string of the molecule is C=C[Si](C)(C)CCCC=O. The second kappa shape index (κ2) is 4.44. The van der Waals surface area contributed by atoms with Crippen molar-refractivity contribution >= 4 is 14.4 Å². The van der Waals surface area contributed by atoms with E-state index in [0.717, 1.165) is 12.7 Å². The van der Waals surface area contributed by atoms with Gasteiger partial charge in [0, 0.05) is 6.42 Å². The first kappa shape index (κ1) is 9.63. The van der Waals surface area contributed by atoms with E-state index in [4.69, 9.17) is 0 Å². The van der Waals surface area contributed by atoms with Crippen LogP contribution in [0.3, 0.4) is 0 Å². The molecule has 0 rings (SSSR count). The Bertz CT molecular complexity index is 118. The number of hydrogen-bond acceptors (Lipinski definition) is 1. The average molecular weight is 156 g/mol. The van der Waals surface area contributed by atoms with Gasteiger partial charge in [0.2, 0.25) is 0 Å². The van der Waals surface area contributed by atoms with Crippen LogP contribution in [0.1, 0.15) is 12.8 Å². The summed E-state index contributed by atoms with van der Waals surface area (Å²) in [6, 6.07) is 1.19. The van der Waals surface area contributed by atoms with Crippen LogP contribution in [0.15, 0.2) is 12.3 Å². The number of unbranched alkanes of at least 4 members (excludes halogenated alkanes) is 1. The molecule has 0 spiro atoms. The maximum absolute atomic E-state index is 9.97. The first-order valence-electron chi connectivity index (χ1n) is 3.69. The van der Waals surface area contributed by atoms with E-state index in [1.807, 2.05) is 0 Å². The van der Waals surface area contributed by atoms with Gasteiger partial charge in [-0.3, -0.25) is 0 Å². The molecule has 0 amide bonds. The van der Waals surface area contributed by atoms with Crippen molar-refractivity contribution in [1.82, 2.24) is 0 Å². The number of carbonyl (C=O) groups is 1. The van der Waals surface area contributed by atoms with E-state index in [0.29, 0.717) is 6.42 Å². The predicted octanol–water partition coefficient (Wildman–Crippen LogP) is 2.40. The Balaban J connectivity index is 3.46. The minimum atomic E-state index is -1.11. The Morgan fingerprint density at radius 3 is 2.50 bits per heavy atom. The van der Waals surface area contributed by atoms with Crippen LogP contribution in [0, 0.1) is 0 Å². The molecule has 0 saturated heterocycles. The molecule has 10 heavy (non-hydrogen) atoms. The first-order valence-corrected chi connectivity index (χ1v) is 6.98. The second-order valence-corrected chi connectivity index (χ2v) is 8.14. The van der Waals surface area contributed by atoms with Crippen molar-refractivity contribution in [2.75, 3.05) is 0 Å². The summed E-state index contributed by atoms with van der Waals surface area (Å²) in [6.07, 6.45) is 2.74. The van der Waals surface area contributed by atoms with E-state index in [-0.39, 0.29) is 0 Å². The van der Waals surface area contributed by atoms with Gasteiger partial charge in [-0.05, 0) is 6.42 Å². The number of aldehydes is 1. The van der Waals surface area contributed by atoms with E-state index in [1.165, 1.54) is 6.04 Å². The maximum Gasteiger partial charge on any atom is 0.119 e. The Morgan fingerprint density at radius 2 is 2.10 bits per heavy atom. The van der Waals surface area contributed by atoms with Crippen molar-refractivity contribution in [3.63, 3.8) is 0 Å². The molecule has 0 N–H and O–H groups in total. The summed E-state index contributed by atoms with van der Waals surface area (Å²) in [7, 11) is -1.11. The van der Waals surface area contributed by atoms with Gasteiger partial charge in [0.05, 0.1) is 8.07 Å². The molecule has 0 atom stereocenters. The molecule has 1 nitrogen and oxygen atoms in total. The van der Waals surface area contributed by atoms with Crippen molar-refractivity contribution in [2.24, 2.45) is 0 Å². The molecule has 0 aromatic heterocycles. The molecule has 2 heteroatoms.